The topological polar surface area (TPSA) is 118 Å². The first-order valence-corrected chi connectivity index (χ1v) is 47.2. The first-order chi connectivity index (χ1) is 53.1. The molecule has 16 heteroatoms. The van der Waals surface area contributed by atoms with Gasteiger partial charge in [0.2, 0.25) is 0 Å². The van der Waals surface area contributed by atoms with Gasteiger partial charge in [-0.3, -0.25) is 19.2 Å². The maximum atomic E-state index is 12.4. The summed E-state index contributed by atoms with van der Waals surface area (Å²) in [4.78, 5) is 43.0. The molecule has 0 radical (unpaired) electrons. The Labute approximate surface area is 759 Å². The Bertz CT molecular complexity index is 2710. The lowest BCUT2D eigenvalue weighted by Gasteiger charge is -2.49. The number of aliphatic hydroxyl groups excluding tert-OH is 1. The second kappa shape index (κ2) is 51.7. The quantitative estimate of drug-likeness (QED) is 0.209. The molecule has 0 aromatic rings. The third-order valence-electron chi connectivity index (χ3n) is 28.9. The van der Waals surface area contributed by atoms with E-state index in [1.807, 2.05) is 27.7 Å². The molecule has 5 aliphatic carbocycles. The Morgan fingerprint density at radius 2 is 0.707 bits per heavy atom. The summed E-state index contributed by atoms with van der Waals surface area (Å²) in [6.07, 6.45) is 1.01. The molecule has 0 saturated heterocycles. The van der Waals surface area contributed by atoms with E-state index in [1.165, 1.54) is 92.9 Å². The highest BCUT2D eigenvalue weighted by molar-refractivity contribution is 5.80. The van der Waals surface area contributed by atoms with Crippen molar-refractivity contribution >= 4 is 23.3 Å². The van der Waals surface area contributed by atoms with Crippen LogP contribution in [0.15, 0.2) is 0 Å². The number of halogens is 9. The molecule has 5 aliphatic rings. The highest BCUT2D eigenvalue weighted by Crippen LogP contribution is 2.67. The monoisotopic (exact) mass is 1780 g/mol. The van der Waals surface area contributed by atoms with E-state index in [1.54, 1.807) is 34.8 Å². The molecule has 5 rings (SSSR count). The van der Waals surface area contributed by atoms with Crippen LogP contribution in [-0.4, -0.2) is 72.4 Å². The highest BCUT2D eigenvalue weighted by atomic mass is 19.4. The summed E-state index contributed by atoms with van der Waals surface area (Å²) in [5.41, 5.74) is 0.417. The highest BCUT2D eigenvalue weighted by Gasteiger charge is 2.68. The minimum Gasteiger partial charge on any atom is -0.481 e. The van der Waals surface area contributed by atoms with Crippen LogP contribution in [-0.2, 0) is 23.9 Å². The summed E-state index contributed by atoms with van der Waals surface area (Å²) < 4.78 is 116. The molecule has 0 aromatic heterocycles. The van der Waals surface area contributed by atoms with Crippen molar-refractivity contribution < 1.29 is 73.6 Å². The molecule has 0 aliphatic heterocycles. The standard InChI is InChI=1S/C10H22.2C9H18.C9H20.2C8H13F3O.C8H13F3.C8H14O2.C8H18O.C8H16O.C8H18.C7H16O.C7H14/c1-8(9(2,3)4)10(5,6)7;1-8(2,3)9(4)6-5-7-9;1-7(8-5-6-8)9(2,3)4;1-7(2)8(3)9(4,5)6;2*1-5(12)6(7(2,3)4)8(9,10)11;1-6(2,3)7(4-5-7)8(9,10)11;1-7(2,3)8(4-5-8)6(9)10;1-7(6-9-5)8(2,3)4;1-6(7(2)9)8(3,4)5;1-6-7(2)8(3,4)5;1-6(5-8)7(2,3)4;1-7(2,3)6-4-5-6/h8H,1-7H3;5-7H2,1-4H3;7-8H,5-6H2,1-4H3;7-8H,1-6H3;2*6H,1-4H3;4-5H2,1-3H3;4-5H2,1-3H3,(H,9,10);7H,6H2,1-5H3;6H,1-5H3;7H,6H2,1-5H3;6,8H,5H2,1-4H3;6H,4-5H2,1-3H3/t;;7-;8-;2*6-;;;7-;6-;7-;6-;/m..1110..1111./s1. The fraction of sp³-hybridized carbons (Fsp3) is 0.963. The van der Waals surface area contributed by atoms with Gasteiger partial charge in [-0.25, -0.2) is 0 Å². The number of aliphatic hydroxyl groups is 1. The summed E-state index contributed by atoms with van der Waals surface area (Å²) in [5, 5.41) is 17.5. The van der Waals surface area contributed by atoms with Crippen molar-refractivity contribution in [3.8, 4) is 0 Å². The van der Waals surface area contributed by atoms with Crippen molar-refractivity contribution in [1.29, 1.82) is 0 Å². The third kappa shape index (κ3) is 58.3. The summed E-state index contributed by atoms with van der Waals surface area (Å²) in [5.74, 6) is 1.80. The summed E-state index contributed by atoms with van der Waals surface area (Å²) >= 11 is 0. The zero-order valence-electron chi connectivity index (χ0n) is 92.2. The van der Waals surface area contributed by atoms with Gasteiger partial charge in [0, 0.05) is 26.2 Å². The number of aliphatic carboxylic acids is 1. The Balaban J connectivity index is -0.000000195. The van der Waals surface area contributed by atoms with Crippen molar-refractivity contribution in [3.63, 3.8) is 0 Å². The lowest BCUT2D eigenvalue weighted by atomic mass is 9.56. The number of carbonyl (C=O) groups is 4. The number of hydrogen-bond donors (Lipinski definition) is 2. The number of alkyl halides is 9. The van der Waals surface area contributed by atoms with E-state index in [2.05, 4.69) is 277 Å². The van der Waals surface area contributed by atoms with Crippen LogP contribution in [0.5, 0.6) is 0 Å². The minimum atomic E-state index is -4.43. The lowest BCUT2D eigenvalue weighted by molar-refractivity contribution is -0.215. The van der Waals surface area contributed by atoms with Crippen LogP contribution in [0.2, 0.25) is 0 Å². The van der Waals surface area contributed by atoms with Gasteiger partial charge in [-0.2, -0.15) is 39.5 Å². The van der Waals surface area contributed by atoms with Crippen LogP contribution in [0, 0.1) is 163 Å². The van der Waals surface area contributed by atoms with Crippen LogP contribution in [0.1, 0.15) is 465 Å². The van der Waals surface area contributed by atoms with Gasteiger partial charge < -0.3 is 14.9 Å². The van der Waals surface area contributed by atoms with Crippen LogP contribution in [0.3, 0.4) is 0 Å². The Morgan fingerprint density at radius 3 is 0.724 bits per heavy atom. The van der Waals surface area contributed by atoms with Gasteiger partial charge in [0.25, 0.3) is 0 Å². The van der Waals surface area contributed by atoms with Crippen molar-refractivity contribution in [1.82, 2.24) is 0 Å². The Hall–Kier alpha value is -2.23. The van der Waals surface area contributed by atoms with Gasteiger partial charge in [-0.05, 0) is 219 Å². The van der Waals surface area contributed by atoms with Gasteiger partial charge in [-0.1, -0.05) is 380 Å². The molecule has 0 amide bonds. The van der Waals surface area contributed by atoms with Crippen LogP contribution in [0.25, 0.3) is 0 Å². The first kappa shape index (κ1) is 136. The fourth-order valence-corrected chi connectivity index (χ4v) is 13.7. The fourth-order valence-electron chi connectivity index (χ4n) is 13.7. The number of ether oxygens (including phenoxy) is 1. The molecule has 2 N–H and O–H groups in total. The number of Topliss-reactive ketones (excluding diaryl/α,β-unsaturated/α-hetero) is 3. The average Bonchev–Trinajstić information content (AvgIpc) is 1.57. The Kier molecular flexibility index (Phi) is 57.3. The van der Waals surface area contributed by atoms with Crippen LogP contribution >= 0.6 is 0 Å². The molecule has 8 atom stereocenters. The molecule has 0 aromatic carbocycles. The van der Waals surface area contributed by atoms with Gasteiger partial charge in [0.1, 0.15) is 29.2 Å². The molecule has 5 saturated carbocycles. The molecule has 7 nitrogen and oxygen atoms in total. The zero-order chi connectivity index (χ0) is 102. The van der Waals surface area contributed by atoms with E-state index in [-0.39, 0.29) is 27.9 Å². The predicted molar refractivity (Wildman–Crippen MR) is 516 cm³/mol. The zero-order valence-corrected chi connectivity index (χ0v) is 92.2. The molecule has 746 valence electrons. The van der Waals surface area contributed by atoms with Gasteiger partial charge in [0.05, 0.1) is 10.8 Å². The maximum absolute atomic E-state index is 12.4. The smallest absolute Gasteiger partial charge is 0.399 e. The van der Waals surface area contributed by atoms with Gasteiger partial charge >= 0.3 is 24.5 Å². The second-order valence-electron chi connectivity index (χ2n) is 53.6. The number of hydrogen-bond acceptors (Lipinski definition) is 6. The van der Waals surface area contributed by atoms with Crippen molar-refractivity contribution in [3.05, 3.63) is 0 Å². The van der Waals surface area contributed by atoms with Crippen molar-refractivity contribution in [2.75, 3.05) is 20.3 Å². The Morgan fingerprint density at radius 1 is 0.390 bits per heavy atom. The number of carboxylic acids is 1. The number of ketones is 3. The van der Waals surface area contributed by atoms with Crippen LogP contribution < -0.4 is 0 Å². The van der Waals surface area contributed by atoms with Gasteiger partial charge in [-0.15, -0.1) is 0 Å². The summed E-state index contributed by atoms with van der Waals surface area (Å²) in [7, 11) is 1.75. The summed E-state index contributed by atoms with van der Waals surface area (Å²) in [6.45, 7) is 117. The largest absolute Gasteiger partial charge is 0.481 e. The maximum Gasteiger partial charge on any atom is 0.399 e. The van der Waals surface area contributed by atoms with Crippen LogP contribution in [0.4, 0.5) is 39.5 Å². The first-order valence-electron chi connectivity index (χ1n) is 47.2. The predicted octanol–water partition coefficient (Wildman–Crippen LogP) is 36.0. The van der Waals surface area contributed by atoms with E-state index in [4.69, 9.17) is 14.9 Å². The lowest BCUT2D eigenvalue weighted by Crippen LogP contribution is -2.39. The van der Waals surface area contributed by atoms with E-state index in [0.717, 1.165) is 74.7 Å². The third-order valence-corrected chi connectivity index (χ3v) is 28.9. The number of methoxy groups -OCH3 is 1. The molecular formula is C107H213F9O7. The van der Waals surface area contributed by atoms with Crippen molar-refractivity contribution in [2.24, 2.45) is 163 Å². The molecule has 0 unspecified atom stereocenters. The minimum absolute atomic E-state index is 0.0706. The number of carbonyl (C=O) groups excluding carboxylic acids is 3. The summed E-state index contributed by atoms with van der Waals surface area (Å²) in [6, 6.07) is 0. The SMILES string of the molecule is CC(=O)[C@@H](C(C)(C)C)C(F)(F)F.CC(=O)[C@@H](C)C(C)(C)C.CC(=O)[C@H](C(C)(C)C)C(F)(F)F.CC(C(C)(C)C)C(C)(C)C.CC(C)(C)C1(C(=O)O)CC1.CC(C)(C)C1(C(F)(F)F)CC1.CC(C)(C)C1(C)CCC1.CC(C)(C)C1CC1.CC(C)[C@@H](C)C(C)(C)C.CC[C@@H](C)C(C)(C)C.COC[C@@H](C)C(C)(C)C.C[C@H](C1CC1)C(C)(C)C.C[C@H](CO)C(C)(C)C. The molecule has 5 fully saturated rings. The molecule has 0 bridgehead atoms. The number of carboxylic acid groups (broad SMARTS) is 1. The van der Waals surface area contributed by atoms with Crippen molar-refractivity contribution in [2.45, 2.75) is 483 Å². The van der Waals surface area contributed by atoms with E-state index >= 15 is 0 Å². The van der Waals surface area contributed by atoms with E-state index < -0.39 is 75.0 Å². The second-order valence-corrected chi connectivity index (χ2v) is 53.6. The average molecular weight is 1780 g/mol. The molecule has 0 spiro atoms. The van der Waals surface area contributed by atoms with Gasteiger partial charge in [0.15, 0.2) is 0 Å². The number of rotatable bonds is 10. The van der Waals surface area contributed by atoms with E-state index in [9.17, 15) is 58.7 Å². The molecule has 123 heavy (non-hydrogen) atoms. The molecule has 0 heterocycles. The van der Waals surface area contributed by atoms with E-state index in [0.29, 0.717) is 80.0 Å². The molecular weight excluding hydrogens is 1570 g/mol. The normalized spacial score (nSPS) is 18.6.